The molecule has 3 heterocycles. The average molecular weight is 706 g/mol. The van der Waals surface area contributed by atoms with Gasteiger partial charge in [-0.05, 0) is 59.2 Å². The number of benzene rings is 7. The molecule has 5 nitrogen and oxygen atoms in total. The van der Waals surface area contributed by atoms with Gasteiger partial charge in [0.2, 0.25) is 5.95 Å². The van der Waals surface area contributed by atoms with Crippen molar-refractivity contribution in [3.05, 3.63) is 189 Å². The minimum Gasteiger partial charge on any atom is -0.308 e. The van der Waals surface area contributed by atoms with Gasteiger partial charge in [-0.2, -0.15) is 9.97 Å². The fourth-order valence-corrected chi connectivity index (χ4v) is 7.94. The van der Waals surface area contributed by atoms with Crippen LogP contribution in [0.5, 0.6) is 0 Å². The van der Waals surface area contributed by atoms with Crippen LogP contribution >= 0.6 is 0 Å². The van der Waals surface area contributed by atoms with E-state index in [0.29, 0.717) is 17.6 Å². The molecule has 0 unspecified atom stereocenters. The number of hydrogen-bond acceptors (Lipinski definition) is 3. The third-order valence-corrected chi connectivity index (χ3v) is 10.4. The Morgan fingerprint density at radius 3 is 1.85 bits per heavy atom. The van der Waals surface area contributed by atoms with E-state index in [1.54, 1.807) is 0 Å². The molecule has 0 aliphatic carbocycles. The third-order valence-electron chi connectivity index (χ3n) is 10.4. The molecule has 5 heteroatoms. The number of allylic oxidation sites excluding steroid dienone is 5. The zero-order valence-electron chi connectivity index (χ0n) is 30.3. The van der Waals surface area contributed by atoms with Crippen LogP contribution in [0.1, 0.15) is 6.92 Å². The van der Waals surface area contributed by atoms with Crippen LogP contribution in [0.4, 0.5) is 0 Å². The Kier molecular flexibility index (Phi) is 7.77. The van der Waals surface area contributed by atoms with Crippen LogP contribution in [0, 0.1) is 0 Å². The summed E-state index contributed by atoms with van der Waals surface area (Å²) < 4.78 is 4.54. The predicted molar refractivity (Wildman–Crippen MR) is 230 cm³/mol. The Morgan fingerprint density at radius 2 is 1.15 bits per heavy atom. The number of fused-ring (bicyclic) bond motifs is 8. The second-order valence-electron chi connectivity index (χ2n) is 13.7. The highest BCUT2D eigenvalue weighted by atomic mass is 15.2. The van der Waals surface area contributed by atoms with E-state index in [1.807, 2.05) is 61.5 Å². The van der Waals surface area contributed by atoms with E-state index in [1.165, 1.54) is 10.8 Å². The molecule has 260 valence electrons. The van der Waals surface area contributed by atoms with Gasteiger partial charge in [0.05, 0.1) is 22.1 Å². The van der Waals surface area contributed by atoms with E-state index in [-0.39, 0.29) is 0 Å². The first-order valence-corrected chi connectivity index (χ1v) is 18.5. The Bertz CT molecular complexity index is 3110. The number of para-hydroxylation sites is 2. The van der Waals surface area contributed by atoms with Gasteiger partial charge in [-0.25, -0.2) is 4.98 Å². The van der Waals surface area contributed by atoms with Crippen molar-refractivity contribution in [2.45, 2.75) is 6.92 Å². The van der Waals surface area contributed by atoms with Gasteiger partial charge in [-0.3, -0.25) is 4.57 Å². The lowest BCUT2D eigenvalue weighted by atomic mass is 9.95. The molecule has 55 heavy (non-hydrogen) atoms. The third kappa shape index (κ3) is 5.36. The summed E-state index contributed by atoms with van der Waals surface area (Å²) in [7, 11) is 0. The highest BCUT2D eigenvalue weighted by molar-refractivity contribution is 6.28. The second kappa shape index (κ2) is 13.2. The van der Waals surface area contributed by atoms with Gasteiger partial charge in [-0.1, -0.05) is 158 Å². The molecule has 0 amide bonds. The molecule has 0 saturated heterocycles. The molecule has 0 aliphatic rings. The van der Waals surface area contributed by atoms with Crippen molar-refractivity contribution in [1.82, 2.24) is 24.1 Å². The van der Waals surface area contributed by atoms with E-state index in [4.69, 9.17) is 15.0 Å². The molecule has 10 rings (SSSR count). The Balaban J connectivity index is 1.42. The van der Waals surface area contributed by atoms with E-state index < -0.39 is 0 Å². The van der Waals surface area contributed by atoms with Crippen LogP contribution in [0.3, 0.4) is 0 Å². The van der Waals surface area contributed by atoms with Gasteiger partial charge in [0.25, 0.3) is 0 Å². The Morgan fingerprint density at radius 1 is 0.527 bits per heavy atom. The Hall–Kier alpha value is -7.37. The van der Waals surface area contributed by atoms with Crippen molar-refractivity contribution in [2.75, 3.05) is 0 Å². The molecule has 0 fully saturated rings. The van der Waals surface area contributed by atoms with Crippen LogP contribution in [0.2, 0.25) is 0 Å². The first kappa shape index (κ1) is 32.3. The number of hydrogen-bond donors (Lipinski definition) is 0. The van der Waals surface area contributed by atoms with Crippen LogP contribution in [-0.4, -0.2) is 24.1 Å². The van der Waals surface area contributed by atoms with Crippen molar-refractivity contribution >= 4 is 60.1 Å². The summed E-state index contributed by atoms with van der Waals surface area (Å²) >= 11 is 0. The largest absolute Gasteiger partial charge is 0.308 e. The summed E-state index contributed by atoms with van der Waals surface area (Å²) in [6.45, 7) is 6.67. The molecule has 7 aromatic carbocycles. The molecular formula is C50H35N5. The first-order chi connectivity index (χ1) is 27.2. The summed E-state index contributed by atoms with van der Waals surface area (Å²) in [5.41, 5.74) is 9.09. The van der Waals surface area contributed by atoms with Crippen molar-refractivity contribution in [1.29, 1.82) is 0 Å². The molecule has 3 aromatic heterocycles. The van der Waals surface area contributed by atoms with Crippen molar-refractivity contribution in [3.8, 4) is 39.9 Å². The predicted octanol–water partition coefficient (Wildman–Crippen LogP) is 12.8. The molecule has 0 bridgehead atoms. The maximum Gasteiger partial charge on any atom is 0.238 e. The van der Waals surface area contributed by atoms with E-state index in [0.717, 1.165) is 71.6 Å². The molecule has 0 aliphatic heterocycles. The van der Waals surface area contributed by atoms with Crippen LogP contribution in [0.25, 0.3) is 99.9 Å². The molecule has 0 N–H and O–H groups in total. The van der Waals surface area contributed by atoms with Gasteiger partial charge in [0.1, 0.15) is 0 Å². The van der Waals surface area contributed by atoms with Gasteiger partial charge < -0.3 is 4.57 Å². The van der Waals surface area contributed by atoms with Crippen molar-refractivity contribution in [2.24, 2.45) is 0 Å². The van der Waals surface area contributed by atoms with E-state index >= 15 is 0 Å². The molecule has 0 atom stereocenters. The van der Waals surface area contributed by atoms with Crippen LogP contribution < -0.4 is 0 Å². The molecular weight excluding hydrogens is 671 g/mol. The monoisotopic (exact) mass is 705 g/mol. The smallest absolute Gasteiger partial charge is 0.238 e. The normalized spacial score (nSPS) is 12.0. The highest BCUT2D eigenvalue weighted by Crippen LogP contribution is 2.46. The minimum absolute atomic E-state index is 0.544. The topological polar surface area (TPSA) is 48.5 Å². The van der Waals surface area contributed by atoms with Gasteiger partial charge in [0, 0.05) is 38.4 Å². The van der Waals surface area contributed by atoms with Gasteiger partial charge in [-0.15, -0.1) is 0 Å². The number of nitrogens with zero attached hydrogens (tertiary/aromatic N) is 5. The number of aromatic nitrogens is 5. The minimum atomic E-state index is 0.544. The summed E-state index contributed by atoms with van der Waals surface area (Å²) in [4.78, 5) is 15.6. The first-order valence-electron chi connectivity index (χ1n) is 18.5. The highest BCUT2D eigenvalue weighted by Gasteiger charge is 2.26. The second-order valence-corrected chi connectivity index (χ2v) is 13.7. The zero-order valence-corrected chi connectivity index (χ0v) is 30.3. The quantitative estimate of drug-likeness (QED) is 0.155. The fraction of sp³-hybridized carbons (Fsp3) is 0.0200. The van der Waals surface area contributed by atoms with E-state index in [2.05, 4.69) is 143 Å². The van der Waals surface area contributed by atoms with Gasteiger partial charge >= 0.3 is 0 Å². The van der Waals surface area contributed by atoms with Crippen molar-refractivity contribution < 1.29 is 0 Å². The standard InChI is InChI=1S/C50H35N5/c1-3-4-7-18-33(2)54-43-27-16-14-25-39(43)42-32-41(38-30-29-34-19-12-13-24-37(34)31-38)45-40-26-15-17-28-44(40)55(47(45)46(42)54)50-52-48(35-20-8-5-9-21-35)51-49(53-50)36-22-10-6-11-23-36/h3-32H,2H2,1H3/b4-3-,18-7-. The lowest BCUT2D eigenvalue weighted by molar-refractivity contribution is 0.954. The maximum absolute atomic E-state index is 5.30. The molecule has 0 spiro atoms. The zero-order chi connectivity index (χ0) is 36.9. The van der Waals surface area contributed by atoms with Crippen molar-refractivity contribution in [3.63, 3.8) is 0 Å². The summed E-state index contributed by atoms with van der Waals surface area (Å²) in [6.07, 6.45) is 8.18. The summed E-state index contributed by atoms with van der Waals surface area (Å²) in [6, 6.07) is 55.2. The fourth-order valence-electron chi connectivity index (χ4n) is 7.94. The maximum atomic E-state index is 5.30. The lowest BCUT2D eigenvalue weighted by Gasteiger charge is -2.14. The molecule has 0 saturated carbocycles. The SMILES string of the molecule is C=C(/C=C\C=C/C)n1c2ccccc2c2cc(-c3ccc4ccccc4c3)c3c4ccccc4n(-c4nc(-c5ccccc5)nc(-c5ccccc5)n4)c3c21. The summed E-state index contributed by atoms with van der Waals surface area (Å²) in [5.74, 6) is 1.76. The lowest BCUT2D eigenvalue weighted by Crippen LogP contribution is -2.07. The van der Waals surface area contributed by atoms with E-state index in [9.17, 15) is 0 Å². The van der Waals surface area contributed by atoms with Crippen LogP contribution in [0.15, 0.2) is 189 Å². The number of rotatable bonds is 7. The van der Waals surface area contributed by atoms with Crippen LogP contribution in [-0.2, 0) is 0 Å². The van der Waals surface area contributed by atoms with Gasteiger partial charge in [0.15, 0.2) is 11.6 Å². The molecule has 0 radical (unpaired) electrons. The molecule has 10 aromatic rings. The summed E-state index contributed by atoms with van der Waals surface area (Å²) in [5, 5.41) is 6.90. The average Bonchev–Trinajstić information content (AvgIpc) is 3.77. The Labute approximate surface area is 318 Å².